The van der Waals surface area contributed by atoms with E-state index in [2.05, 4.69) is 17.1 Å². The van der Waals surface area contributed by atoms with E-state index in [-0.39, 0.29) is 0 Å². The van der Waals surface area contributed by atoms with Gasteiger partial charge in [0.25, 0.3) is 0 Å². The highest BCUT2D eigenvalue weighted by atomic mass is 16.3. The Morgan fingerprint density at radius 3 is 2.52 bits per heavy atom. The summed E-state index contributed by atoms with van der Waals surface area (Å²) in [4.78, 5) is 11.2. The van der Waals surface area contributed by atoms with Gasteiger partial charge in [-0.25, -0.2) is 4.98 Å². The smallest absolute Gasteiger partial charge is 0.155 e. The molecule has 27 heavy (non-hydrogen) atoms. The van der Waals surface area contributed by atoms with Crippen LogP contribution in [0.1, 0.15) is 25.3 Å². The third-order valence-electron chi connectivity index (χ3n) is 4.36. The first-order chi connectivity index (χ1) is 13.2. The lowest BCUT2D eigenvalue weighted by molar-refractivity contribution is 0.611. The van der Waals surface area contributed by atoms with Gasteiger partial charge in [-0.3, -0.25) is 4.99 Å². The van der Waals surface area contributed by atoms with Crippen LogP contribution in [0.3, 0.4) is 0 Å². The highest BCUT2D eigenvalue weighted by molar-refractivity contribution is 5.80. The predicted octanol–water partition coefficient (Wildman–Crippen LogP) is 3.80. The van der Waals surface area contributed by atoms with E-state index in [4.69, 9.17) is 19.9 Å². The number of hydrogen-bond donors (Lipinski definition) is 0. The summed E-state index contributed by atoms with van der Waals surface area (Å²) >= 11 is 0. The number of aryl methyl sites for hydroxylation is 1. The van der Waals surface area contributed by atoms with Crippen molar-refractivity contribution in [2.24, 2.45) is 4.99 Å². The highest BCUT2D eigenvalue weighted by Gasteiger charge is 2.13. The second-order valence-electron chi connectivity index (χ2n) is 6.25. The molecule has 0 unspecified atom stereocenters. The van der Waals surface area contributed by atoms with Crippen molar-refractivity contribution in [3.8, 4) is 23.6 Å². The molecular formula is C21H21N5O. The van der Waals surface area contributed by atoms with Gasteiger partial charge in [0.2, 0.25) is 0 Å². The molecule has 1 aromatic carbocycles. The lowest BCUT2D eigenvalue weighted by atomic mass is 10.1. The maximum Gasteiger partial charge on any atom is 0.155 e. The first-order valence-electron chi connectivity index (χ1n) is 9.01. The number of nitrogens with zero attached hydrogens (tertiary/aromatic N) is 5. The number of anilines is 1. The van der Waals surface area contributed by atoms with Gasteiger partial charge in [-0.15, -0.1) is 0 Å². The first kappa shape index (κ1) is 18.4. The Kier molecular flexibility index (Phi) is 5.68. The molecule has 0 atom stereocenters. The second-order valence-corrected chi connectivity index (χ2v) is 6.25. The summed E-state index contributed by atoms with van der Waals surface area (Å²) in [6, 6.07) is 14.0. The van der Waals surface area contributed by atoms with E-state index >= 15 is 0 Å². The third-order valence-corrected chi connectivity index (χ3v) is 4.36. The highest BCUT2D eigenvalue weighted by Crippen LogP contribution is 2.27. The van der Waals surface area contributed by atoms with Crippen LogP contribution in [-0.4, -0.2) is 24.6 Å². The van der Waals surface area contributed by atoms with Crippen molar-refractivity contribution in [3.05, 3.63) is 41.3 Å². The summed E-state index contributed by atoms with van der Waals surface area (Å²) in [7, 11) is 0. The number of aromatic nitrogens is 1. The molecule has 1 aromatic rings. The van der Waals surface area contributed by atoms with Crippen molar-refractivity contribution >= 4 is 16.8 Å². The van der Waals surface area contributed by atoms with Crippen LogP contribution in [0, 0.1) is 29.6 Å². The summed E-state index contributed by atoms with van der Waals surface area (Å²) in [5, 5.41) is 18.7. The minimum Gasteiger partial charge on any atom is -0.453 e. The molecule has 0 spiro atoms. The number of fused-ring (bicyclic) bond motifs is 2. The average Bonchev–Trinajstić information content (AvgIpc) is 2.67. The fourth-order valence-electron chi connectivity index (χ4n) is 3.03. The Hall–Kier alpha value is -3.38. The molecule has 0 saturated heterocycles. The van der Waals surface area contributed by atoms with Crippen molar-refractivity contribution < 1.29 is 4.42 Å². The van der Waals surface area contributed by atoms with E-state index in [0.717, 1.165) is 27.8 Å². The summed E-state index contributed by atoms with van der Waals surface area (Å²) < 4.78 is 6.11. The van der Waals surface area contributed by atoms with Crippen molar-refractivity contribution in [2.75, 3.05) is 24.5 Å². The van der Waals surface area contributed by atoms with Crippen LogP contribution in [0.5, 0.6) is 0 Å². The molecule has 0 N–H and O–H groups in total. The fraction of sp³-hybridized carbons (Fsp3) is 0.333. The van der Waals surface area contributed by atoms with Crippen LogP contribution in [0.25, 0.3) is 22.6 Å². The molecule has 0 amide bonds. The molecule has 1 aliphatic carbocycles. The van der Waals surface area contributed by atoms with Gasteiger partial charge in [0.15, 0.2) is 11.3 Å². The van der Waals surface area contributed by atoms with Gasteiger partial charge in [0, 0.05) is 37.5 Å². The van der Waals surface area contributed by atoms with Crippen LogP contribution in [0.15, 0.2) is 39.7 Å². The predicted molar refractivity (Wildman–Crippen MR) is 104 cm³/mol. The lowest BCUT2D eigenvalue weighted by Gasteiger charge is -2.22. The van der Waals surface area contributed by atoms with Gasteiger partial charge in [-0.2, -0.15) is 10.5 Å². The topological polar surface area (TPSA) is 89.2 Å². The van der Waals surface area contributed by atoms with Crippen LogP contribution in [0.4, 0.5) is 5.69 Å². The Morgan fingerprint density at radius 2 is 1.85 bits per heavy atom. The molecule has 1 aliphatic heterocycles. The summed E-state index contributed by atoms with van der Waals surface area (Å²) in [6.07, 6.45) is 0.801. The van der Waals surface area contributed by atoms with Gasteiger partial charge >= 0.3 is 0 Å². The summed E-state index contributed by atoms with van der Waals surface area (Å²) in [5.41, 5.74) is 4.23. The number of rotatable bonds is 6. The number of nitriles is 2. The number of benzene rings is 2. The zero-order chi connectivity index (χ0) is 19.2. The number of hydrogen-bond acceptors (Lipinski definition) is 6. The molecule has 136 valence electrons. The second kappa shape index (κ2) is 8.33. The van der Waals surface area contributed by atoms with Gasteiger partial charge in [-0.05, 0) is 37.6 Å². The van der Waals surface area contributed by atoms with E-state index in [1.165, 1.54) is 0 Å². The van der Waals surface area contributed by atoms with Crippen molar-refractivity contribution in [3.63, 3.8) is 0 Å². The minimum atomic E-state index is 0.401. The normalized spacial score (nSPS) is 11.5. The molecule has 3 rings (SSSR count). The Labute approximate surface area is 158 Å². The van der Waals surface area contributed by atoms with E-state index in [0.29, 0.717) is 43.8 Å². The van der Waals surface area contributed by atoms with Crippen molar-refractivity contribution in [1.29, 1.82) is 10.5 Å². The molecule has 0 bridgehead atoms. The molecular weight excluding hydrogens is 338 g/mol. The third kappa shape index (κ3) is 4.07. The molecule has 0 radical (unpaired) electrons. The molecule has 0 fully saturated rings. The molecule has 6 heteroatoms. The standard InChI is InChI=1S/C21H21N5O/c1-3-24-18-14-21-19(12-15(18)2)25-17-7-6-16(13-20(17)27-21)26(10-4-8-22)11-5-9-23/h6-7,12-14H,3-5,10-11H2,1-2H3/b24-18+. The van der Waals surface area contributed by atoms with Gasteiger partial charge in [0.05, 0.1) is 30.3 Å². The van der Waals surface area contributed by atoms with E-state index < -0.39 is 0 Å². The molecule has 2 aliphatic rings. The van der Waals surface area contributed by atoms with Gasteiger partial charge < -0.3 is 9.32 Å². The maximum atomic E-state index is 8.89. The van der Waals surface area contributed by atoms with Gasteiger partial charge in [0.1, 0.15) is 11.2 Å². The average molecular weight is 359 g/mol. The fourth-order valence-corrected chi connectivity index (χ4v) is 3.03. The molecule has 0 saturated carbocycles. The Balaban J connectivity index is 2.08. The largest absolute Gasteiger partial charge is 0.453 e. The maximum absolute atomic E-state index is 8.89. The quantitative estimate of drug-likeness (QED) is 0.625. The van der Waals surface area contributed by atoms with Gasteiger partial charge in [-0.1, -0.05) is 0 Å². The monoisotopic (exact) mass is 359 g/mol. The molecule has 1 heterocycles. The van der Waals surface area contributed by atoms with Crippen LogP contribution >= 0.6 is 0 Å². The zero-order valence-electron chi connectivity index (χ0n) is 15.6. The molecule has 6 nitrogen and oxygen atoms in total. The van der Waals surface area contributed by atoms with E-state index in [9.17, 15) is 0 Å². The van der Waals surface area contributed by atoms with Crippen LogP contribution in [0.2, 0.25) is 0 Å². The van der Waals surface area contributed by atoms with E-state index in [1.54, 1.807) is 0 Å². The molecule has 0 aromatic heterocycles. The Morgan fingerprint density at radius 1 is 1.11 bits per heavy atom. The van der Waals surface area contributed by atoms with Crippen LogP contribution < -0.4 is 10.3 Å². The van der Waals surface area contributed by atoms with Crippen molar-refractivity contribution in [2.45, 2.75) is 26.7 Å². The van der Waals surface area contributed by atoms with Crippen LogP contribution in [-0.2, 0) is 0 Å². The van der Waals surface area contributed by atoms with Crippen molar-refractivity contribution in [1.82, 2.24) is 4.98 Å². The summed E-state index contributed by atoms with van der Waals surface area (Å²) in [5.74, 6) is 0.693. The van der Waals surface area contributed by atoms with E-state index in [1.807, 2.05) is 49.1 Å². The zero-order valence-corrected chi connectivity index (χ0v) is 15.6. The lowest BCUT2D eigenvalue weighted by Crippen LogP contribution is -2.25. The Bertz CT molecular complexity index is 1050. The first-order valence-corrected chi connectivity index (χ1v) is 9.01. The minimum absolute atomic E-state index is 0.401. The SMILES string of the molecule is CC/N=c1\cc2oc3cc(N(CCC#N)CCC#N)ccc3nc-2cc1C. The summed E-state index contributed by atoms with van der Waals surface area (Å²) in [6.45, 7) is 5.88.